The number of rotatable bonds is 5. The lowest BCUT2D eigenvalue weighted by Gasteiger charge is -2.27. The number of hydrogen-bond acceptors (Lipinski definition) is 7. The molecule has 4 rings (SSSR count). The molecular formula is C29H33N3O7. The second-order valence-electron chi connectivity index (χ2n) is 10.0. The summed E-state index contributed by atoms with van der Waals surface area (Å²) >= 11 is 0. The first kappa shape index (κ1) is 27.8. The van der Waals surface area contributed by atoms with Gasteiger partial charge in [-0.2, -0.15) is 0 Å². The Balaban J connectivity index is 1.64. The molecule has 10 heteroatoms. The first-order valence-electron chi connectivity index (χ1n) is 13.1. The number of hydrogen-bond donors (Lipinski definition) is 2. The summed E-state index contributed by atoms with van der Waals surface area (Å²) in [4.78, 5) is 56.2. The SMILES string of the molecule is CC(C)=CC(=O)CC[C@@H]1NC(=O)OCCC/C=C/c2ccc3ccnc(c3c2)O[C@@H]2C[C@@H](C(=O)O)N(C2)C1=O. The van der Waals surface area contributed by atoms with Crippen LogP contribution in [0.25, 0.3) is 16.8 Å². The average Bonchev–Trinajstić information content (AvgIpc) is 3.31. The van der Waals surface area contributed by atoms with Crippen LogP contribution in [0.15, 0.2) is 48.2 Å². The summed E-state index contributed by atoms with van der Waals surface area (Å²) < 4.78 is 11.4. The second kappa shape index (κ2) is 12.6. The highest BCUT2D eigenvalue weighted by atomic mass is 16.5. The molecule has 2 amide bonds. The Kier molecular flexibility index (Phi) is 8.96. The van der Waals surface area contributed by atoms with Crippen LogP contribution in [-0.2, 0) is 19.1 Å². The molecule has 206 valence electrons. The van der Waals surface area contributed by atoms with E-state index in [4.69, 9.17) is 9.47 Å². The van der Waals surface area contributed by atoms with Gasteiger partial charge in [-0.15, -0.1) is 0 Å². The predicted octanol–water partition coefficient (Wildman–Crippen LogP) is 3.89. The molecule has 0 unspecified atom stereocenters. The van der Waals surface area contributed by atoms with Gasteiger partial charge in [0.05, 0.1) is 13.2 Å². The van der Waals surface area contributed by atoms with Crippen LogP contribution in [-0.4, -0.2) is 70.1 Å². The lowest BCUT2D eigenvalue weighted by Crippen LogP contribution is -2.52. The normalized spacial score (nSPS) is 22.7. The predicted molar refractivity (Wildman–Crippen MR) is 144 cm³/mol. The lowest BCUT2D eigenvalue weighted by atomic mass is 10.1. The number of cyclic esters (lactones) is 1. The monoisotopic (exact) mass is 535 g/mol. The zero-order chi connectivity index (χ0) is 27.9. The molecule has 0 saturated carbocycles. The van der Waals surface area contributed by atoms with Gasteiger partial charge < -0.3 is 24.8 Å². The third kappa shape index (κ3) is 7.22. The first-order valence-corrected chi connectivity index (χ1v) is 13.1. The Bertz CT molecular complexity index is 1320. The largest absolute Gasteiger partial charge is 0.480 e. The van der Waals surface area contributed by atoms with Crippen LogP contribution >= 0.6 is 0 Å². The second-order valence-corrected chi connectivity index (χ2v) is 10.0. The van der Waals surface area contributed by atoms with E-state index < -0.39 is 36.2 Å². The minimum Gasteiger partial charge on any atom is -0.480 e. The highest BCUT2D eigenvalue weighted by Gasteiger charge is 2.43. The highest BCUT2D eigenvalue weighted by molar-refractivity contribution is 5.93. The topological polar surface area (TPSA) is 135 Å². The molecule has 1 aromatic heterocycles. The van der Waals surface area contributed by atoms with E-state index in [0.29, 0.717) is 18.7 Å². The van der Waals surface area contributed by atoms with Crippen molar-refractivity contribution < 1.29 is 33.8 Å². The van der Waals surface area contributed by atoms with Gasteiger partial charge >= 0.3 is 12.1 Å². The third-order valence-corrected chi connectivity index (χ3v) is 6.64. The van der Waals surface area contributed by atoms with E-state index in [0.717, 1.165) is 21.9 Å². The van der Waals surface area contributed by atoms with Gasteiger partial charge in [0.15, 0.2) is 5.78 Å². The number of carboxylic acid groups (broad SMARTS) is 1. The maximum absolute atomic E-state index is 13.6. The number of nitrogens with zero attached hydrogens (tertiary/aromatic N) is 2. The lowest BCUT2D eigenvalue weighted by molar-refractivity contribution is -0.149. The van der Waals surface area contributed by atoms with Crippen molar-refractivity contribution in [1.82, 2.24) is 15.2 Å². The Hall–Kier alpha value is -4.21. The molecule has 2 aliphatic heterocycles. The van der Waals surface area contributed by atoms with Crippen LogP contribution in [0, 0.1) is 0 Å². The number of benzene rings is 1. The number of fused-ring (bicyclic) bond motifs is 3. The number of amides is 2. The molecule has 0 radical (unpaired) electrons. The van der Waals surface area contributed by atoms with Crippen molar-refractivity contribution in [3.05, 3.63) is 53.8 Å². The Morgan fingerprint density at radius 2 is 2.05 bits per heavy atom. The summed E-state index contributed by atoms with van der Waals surface area (Å²) in [5.74, 6) is -1.62. The van der Waals surface area contributed by atoms with Gasteiger partial charge in [-0.25, -0.2) is 14.6 Å². The van der Waals surface area contributed by atoms with Crippen LogP contribution in [0.3, 0.4) is 0 Å². The number of alkyl carbamates (subject to hydrolysis) is 1. The van der Waals surface area contributed by atoms with Crippen molar-refractivity contribution in [3.63, 3.8) is 0 Å². The van der Waals surface area contributed by atoms with Crippen molar-refractivity contribution in [2.75, 3.05) is 13.2 Å². The number of aliphatic carboxylic acids is 1. The van der Waals surface area contributed by atoms with Crippen LogP contribution in [0.1, 0.15) is 51.5 Å². The summed E-state index contributed by atoms with van der Waals surface area (Å²) in [6.07, 6.45) is 6.90. The molecule has 4 bridgehead atoms. The summed E-state index contributed by atoms with van der Waals surface area (Å²) in [6.45, 7) is 3.70. The van der Waals surface area contributed by atoms with E-state index >= 15 is 0 Å². The number of carbonyl (C=O) groups excluding carboxylic acids is 3. The summed E-state index contributed by atoms with van der Waals surface area (Å²) in [5.41, 5.74) is 1.76. The minimum absolute atomic E-state index is 0.000423. The number of ketones is 1. The van der Waals surface area contributed by atoms with E-state index in [-0.39, 0.29) is 38.2 Å². The van der Waals surface area contributed by atoms with Crippen LogP contribution in [0.4, 0.5) is 4.79 Å². The first-order chi connectivity index (χ1) is 18.7. The zero-order valence-corrected chi connectivity index (χ0v) is 22.1. The Morgan fingerprint density at radius 3 is 2.82 bits per heavy atom. The Labute approximate surface area is 226 Å². The van der Waals surface area contributed by atoms with E-state index in [9.17, 15) is 24.3 Å². The number of ether oxygens (including phenoxy) is 2. The number of allylic oxidation sites excluding steroid dienone is 3. The summed E-state index contributed by atoms with van der Waals surface area (Å²) in [7, 11) is 0. The van der Waals surface area contributed by atoms with Crippen molar-refractivity contribution in [2.24, 2.45) is 0 Å². The Morgan fingerprint density at radius 1 is 1.23 bits per heavy atom. The van der Waals surface area contributed by atoms with Gasteiger partial charge in [0.2, 0.25) is 11.8 Å². The summed E-state index contributed by atoms with van der Waals surface area (Å²) in [6, 6.07) is 5.46. The van der Waals surface area contributed by atoms with E-state index in [2.05, 4.69) is 10.3 Å². The van der Waals surface area contributed by atoms with Crippen LogP contribution in [0.5, 0.6) is 5.88 Å². The molecule has 2 aromatic rings. The average molecular weight is 536 g/mol. The van der Waals surface area contributed by atoms with E-state index in [1.165, 1.54) is 11.0 Å². The smallest absolute Gasteiger partial charge is 0.407 e. The molecule has 39 heavy (non-hydrogen) atoms. The van der Waals surface area contributed by atoms with Crippen molar-refractivity contribution >= 4 is 40.6 Å². The standard InChI is InChI=1S/C29H33N3O7/c1-18(2)14-21(33)9-10-24-27(34)32-17-22(16-25(32)28(35)36)39-26-23-15-19(7-8-20(23)11-12-30-26)6-4-3-5-13-38-29(37)31-24/h4,6-8,11-12,14-15,22,24-25H,3,5,9-10,13,16-17H2,1-2H3,(H,31,37)(H,35,36)/b6-4+/t22-,24+,25+/m1/s1. The fourth-order valence-corrected chi connectivity index (χ4v) is 4.78. The molecule has 2 aliphatic rings. The van der Waals surface area contributed by atoms with Gasteiger partial charge in [0.1, 0.15) is 18.2 Å². The zero-order valence-electron chi connectivity index (χ0n) is 22.1. The van der Waals surface area contributed by atoms with Gasteiger partial charge in [-0.1, -0.05) is 29.9 Å². The quantitative estimate of drug-likeness (QED) is 0.551. The van der Waals surface area contributed by atoms with Gasteiger partial charge in [0.25, 0.3) is 0 Å². The molecule has 0 spiro atoms. The molecule has 1 aromatic carbocycles. The van der Waals surface area contributed by atoms with Crippen molar-refractivity contribution in [2.45, 2.75) is 64.1 Å². The molecule has 2 N–H and O–H groups in total. The van der Waals surface area contributed by atoms with Gasteiger partial charge in [-0.3, -0.25) is 9.59 Å². The van der Waals surface area contributed by atoms with Crippen molar-refractivity contribution in [3.8, 4) is 5.88 Å². The van der Waals surface area contributed by atoms with Gasteiger partial charge in [-0.05, 0) is 62.3 Å². The third-order valence-electron chi connectivity index (χ3n) is 6.64. The fourth-order valence-electron chi connectivity index (χ4n) is 4.78. The molecule has 3 heterocycles. The number of nitrogens with one attached hydrogen (secondary N) is 1. The molecule has 1 fully saturated rings. The number of carboxylic acids is 1. The number of carbonyl (C=O) groups is 4. The molecule has 3 atom stereocenters. The maximum atomic E-state index is 13.6. The minimum atomic E-state index is -1.18. The van der Waals surface area contributed by atoms with Crippen LogP contribution in [0.2, 0.25) is 0 Å². The maximum Gasteiger partial charge on any atom is 0.407 e. The highest BCUT2D eigenvalue weighted by Crippen LogP contribution is 2.29. The molecule has 0 aliphatic carbocycles. The number of aromatic nitrogens is 1. The summed E-state index contributed by atoms with van der Waals surface area (Å²) in [5, 5.41) is 14.2. The van der Waals surface area contributed by atoms with Crippen molar-refractivity contribution in [1.29, 1.82) is 0 Å². The molecule has 10 nitrogen and oxygen atoms in total. The van der Waals surface area contributed by atoms with E-state index in [1.54, 1.807) is 20.0 Å². The van der Waals surface area contributed by atoms with Crippen LogP contribution < -0.4 is 10.1 Å². The number of pyridine rings is 1. The molecular weight excluding hydrogens is 502 g/mol. The van der Waals surface area contributed by atoms with Gasteiger partial charge in [0, 0.05) is 24.4 Å². The van der Waals surface area contributed by atoms with E-state index in [1.807, 2.05) is 36.4 Å². The molecule has 1 saturated heterocycles. The fraction of sp³-hybridized carbons (Fsp3) is 0.414.